The molecule has 3 unspecified atom stereocenters. The van der Waals surface area contributed by atoms with Crippen LogP contribution in [0.5, 0.6) is 0 Å². The molecule has 1 N–H and O–H groups in total. The van der Waals surface area contributed by atoms with Crippen LogP contribution < -0.4 is 0 Å². The van der Waals surface area contributed by atoms with Gasteiger partial charge in [0.25, 0.3) is 0 Å². The Morgan fingerprint density at radius 2 is 2.00 bits per heavy atom. The highest BCUT2D eigenvalue weighted by Gasteiger charge is 2.44. The number of carbonyl (C=O) groups is 1. The molecule has 2 nitrogen and oxygen atoms in total. The van der Waals surface area contributed by atoms with Crippen LogP contribution in [0.3, 0.4) is 0 Å². The summed E-state index contributed by atoms with van der Waals surface area (Å²) >= 11 is 0. The minimum absolute atomic E-state index is 0.0599. The zero-order valence-corrected chi connectivity index (χ0v) is 9.71. The molecule has 14 heavy (non-hydrogen) atoms. The minimum atomic E-state index is -1.05. The average molecular weight is 198 g/mol. The van der Waals surface area contributed by atoms with Gasteiger partial charge in [0.1, 0.15) is 5.60 Å². The predicted molar refractivity (Wildman–Crippen MR) is 57.0 cm³/mol. The molecule has 0 aromatic heterocycles. The Bertz CT molecular complexity index is 222. The lowest BCUT2D eigenvalue weighted by Gasteiger charge is -2.41. The number of carbonyl (C=O) groups excluding carboxylic acids is 1. The number of Topliss-reactive ketones (excluding diaryl/α,β-unsaturated/α-hetero) is 1. The second-order valence-corrected chi connectivity index (χ2v) is 5.17. The summed E-state index contributed by atoms with van der Waals surface area (Å²) in [6, 6.07) is 0. The summed E-state index contributed by atoms with van der Waals surface area (Å²) in [5.41, 5.74) is -1.05. The molecule has 1 saturated carbocycles. The average Bonchev–Trinajstić information content (AvgIpc) is 2.09. The minimum Gasteiger partial charge on any atom is -0.382 e. The summed E-state index contributed by atoms with van der Waals surface area (Å²) < 4.78 is 0. The Hall–Kier alpha value is -0.370. The molecule has 0 aliphatic heterocycles. The van der Waals surface area contributed by atoms with Crippen molar-refractivity contribution in [2.75, 3.05) is 0 Å². The molecule has 3 atom stereocenters. The highest BCUT2D eigenvalue weighted by Crippen LogP contribution is 2.40. The first-order valence-electron chi connectivity index (χ1n) is 5.61. The Morgan fingerprint density at radius 3 is 2.43 bits per heavy atom. The summed E-state index contributed by atoms with van der Waals surface area (Å²) in [4.78, 5) is 11.4. The van der Waals surface area contributed by atoms with Gasteiger partial charge in [-0.25, -0.2) is 0 Å². The van der Waals surface area contributed by atoms with Crippen LogP contribution in [0.1, 0.15) is 47.0 Å². The van der Waals surface area contributed by atoms with Crippen LogP contribution in [0.4, 0.5) is 0 Å². The number of ketones is 1. The quantitative estimate of drug-likeness (QED) is 0.739. The highest BCUT2D eigenvalue weighted by atomic mass is 16.3. The van der Waals surface area contributed by atoms with E-state index in [9.17, 15) is 9.90 Å². The summed E-state index contributed by atoms with van der Waals surface area (Å²) in [6.07, 6.45) is 2.77. The zero-order valence-electron chi connectivity index (χ0n) is 9.71. The largest absolute Gasteiger partial charge is 0.382 e. The molecule has 82 valence electrons. The lowest BCUT2D eigenvalue weighted by atomic mass is 9.67. The van der Waals surface area contributed by atoms with Gasteiger partial charge in [0, 0.05) is 0 Å². The van der Waals surface area contributed by atoms with Gasteiger partial charge in [0.05, 0.1) is 0 Å². The van der Waals surface area contributed by atoms with Crippen LogP contribution in [-0.4, -0.2) is 16.5 Å². The van der Waals surface area contributed by atoms with Gasteiger partial charge in [-0.3, -0.25) is 4.79 Å². The monoisotopic (exact) mass is 198 g/mol. The molecule has 0 aromatic carbocycles. The van der Waals surface area contributed by atoms with E-state index in [-0.39, 0.29) is 11.7 Å². The number of rotatable bonds is 2. The van der Waals surface area contributed by atoms with E-state index in [1.165, 1.54) is 6.92 Å². The fraction of sp³-hybridized carbons (Fsp3) is 0.917. The summed E-state index contributed by atoms with van der Waals surface area (Å²) in [7, 11) is 0. The number of hydrogen-bond acceptors (Lipinski definition) is 2. The molecule has 0 saturated heterocycles. The molecule has 1 aliphatic rings. The predicted octanol–water partition coefficient (Wildman–Crippen LogP) is 2.40. The topological polar surface area (TPSA) is 37.3 Å². The van der Waals surface area contributed by atoms with E-state index in [1.54, 1.807) is 0 Å². The van der Waals surface area contributed by atoms with Gasteiger partial charge in [-0.15, -0.1) is 0 Å². The van der Waals surface area contributed by atoms with E-state index >= 15 is 0 Å². The van der Waals surface area contributed by atoms with Crippen LogP contribution in [0, 0.1) is 17.8 Å². The Labute approximate surface area is 86.7 Å². The molecule has 0 spiro atoms. The molecule has 0 amide bonds. The SMILES string of the molecule is CC(=O)C1(O)CC(C(C)C)CCC1C. The van der Waals surface area contributed by atoms with Crippen LogP contribution in [-0.2, 0) is 4.79 Å². The smallest absolute Gasteiger partial charge is 0.161 e. The standard InChI is InChI=1S/C12H22O2/c1-8(2)11-6-5-9(3)12(14,7-11)10(4)13/h8-9,11,14H,5-7H2,1-4H3. The van der Waals surface area contributed by atoms with Gasteiger partial charge in [-0.1, -0.05) is 20.8 Å². The highest BCUT2D eigenvalue weighted by molar-refractivity contribution is 5.85. The third-order valence-corrected chi connectivity index (χ3v) is 3.91. The molecule has 1 rings (SSSR count). The van der Waals surface area contributed by atoms with E-state index in [4.69, 9.17) is 0 Å². The van der Waals surface area contributed by atoms with E-state index in [0.29, 0.717) is 18.3 Å². The molecule has 1 fully saturated rings. The van der Waals surface area contributed by atoms with Crippen LogP contribution in [0.25, 0.3) is 0 Å². The van der Waals surface area contributed by atoms with Gasteiger partial charge in [-0.05, 0) is 43.9 Å². The van der Waals surface area contributed by atoms with Crippen molar-refractivity contribution in [2.45, 2.75) is 52.6 Å². The van der Waals surface area contributed by atoms with Gasteiger partial charge in [0.15, 0.2) is 5.78 Å². The van der Waals surface area contributed by atoms with E-state index < -0.39 is 5.60 Å². The Kier molecular flexibility index (Phi) is 3.36. The molecule has 0 bridgehead atoms. The Morgan fingerprint density at radius 1 is 1.43 bits per heavy atom. The van der Waals surface area contributed by atoms with Crippen molar-refractivity contribution in [1.82, 2.24) is 0 Å². The third kappa shape index (κ3) is 2.00. The molecule has 2 heteroatoms. The fourth-order valence-electron chi connectivity index (χ4n) is 2.47. The van der Waals surface area contributed by atoms with E-state index in [2.05, 4.69) is 13.8 Å². The normalized spacial score (nSPS) is 38.7. The van der Waals surface area contributed by atoms with Crippen molar-refractivity contribution < 1.29 is 9.90 Å². The van der Waals surface area contributed by atoms with Crippen molar-refractivity contribution in [3.05, 3.63) is 0 Å². The maximum Gasteiger partial charge on any atom is 0.161 e. The van der Waals surface area contributed by atoms with E-state index in [0.717, 1.165) is 12.8 Å². The molecular formula is C12H22O2. The van der Waals surface area contributed by atoms with Gasteiger partial charge < -0.3 is 5.11 Å². The fourth-order valence-corrected chi connectivity index (χ4v) is 2.47. The Balaban J connectivity index is 2.78. The first-order chi connectivity index (χ1) is 6.38. The lowest BCUT2D eigenvalue weighted by molar-refractivity contribution is -0.147. The maximum atomic E-state index is 11.4. The third-order valence-electron chi connectivity index (χ3n) is 3.91. The van der Waals surface area contributed by atoms with Crippen molar-refractivity contribution in [1.29, 1.82) is 0 Å². The first kappa shape index (κ1) is 11.7. The summed E-state index contributed by atoms with van der Waals surface area (Å²) in [6.45, 7) is 7.83. The van der Waals surface area contributed by atoms with E-state index in [1.807, 2.05) is 6.92 Å². The second kappa shape index (κ2) is 4.01. The summed E-state index contributed by atoms with van der Waals surface area (Å²) in [5, 5.41) is 10.3. The summed E-state index contributed by atoms with van der Waals surface area (Å²) in [5.74, 6) is 1.12. The van der Waals surface area contributed by atoms with Crippen molar-refractivity contribution in [3.8, 4) is 0 Å². The van der Waals surface area contributed by atoms with Crippen molar-refractivity contribution >= 4 is 5.78 Å². The maximum absolute atomic E-state index is 11.4. The molecular weight excluding hydrogens is 176 g/mol. The lowest BCUT2D eigenvalue weighted by Crippen LogP contribution is -2.48. The van der Waals surface area contributed by atoms with Crippen LogP contribution >= 0.6 is 0 Å². The second-order valence-electron chi connectivity index (χ2n) is 5.17. The first-order valence-corrected chi connectivity index (χ1v) is 5.61. The van der Waals surface area contributed by atoms with Gasteiger partial charge >= 0.3 is 0 Å². The molecule has 0 aromatic rings. The number of aliphatic hydroxyl groups is 1. The van der Waals surface area contributed by atoms with Crippen LogP contribution in [0.15, 0.2) is 0 Å². The molecule has 0 heterocycles. The van der Waals surface area contributed by atoms with Crippen molar-refractivity contribution in [2.24, 2.45) is 17.8 Å². The van der Waals surface area contributed by atoms with Gasteiger partial charge in [-0.2, -0.15) is 0 Å². The van der Waals surface area contributed by atoms with Crippen molar-refractivity contribution in [3.63, 3.8) is 0 Å². The molecule has 0 radical (unpaired) electrons. The van der Waals surface area contributed by atoms with Crippen LogP contribution in [0.2, 0.25) is 0 Å². The molecule has 1 aliphatic carbocycles. The zero-order chi connectivity index (χ0) is 10.9. The van der Waals surface area contributed by atoms with Gasteiger partial charge in [0.2, 0.25) is 0 Å². The number of hydrogen-bond donors (Lipinski definition) is 1.